The lowest BCUT2D eigenvalue weighted by Gasteiger charge is -2.16. The van der Waals surface area contributed by atoms with E-state index in [1.807, 2.05) is 0 Å². The zero-order chi connectivity index (χ0) is 11.1. The Labute approximate surface area is 82.1 Å². The van der Waals surface area contributed by atoms with Crippen LogP contribution in [0.5, 0.6) is 0 Å². The molecule has 14 heavy (non-hydrogen) atoms. The van der Waals surface area contributed by atoms with Crippen molar-refractivity contribution in [2.75, 3.05) is 0 Å². The summed E-state index contributed by atoms with van der Waals surface area (Å²) in [6, 6.07) is 0. The lowest BCUT2D eigenvalue weighted by molar-refractivity contribution is 0.441. The average molecular weight is 242 g/mol. The summed E-state index contributed by atoms with van der Waals surface area (Å²) in [6.45, 7) is 1.33. The topological polar surface area (TPSA) is 109 Å². The van der Waals surface area contributed by atoms with Crippen LogP contribution in [0.3, 0.4) is 0 Å². The van der Waals surface area contributed by atoms with Crippen molar-refractivity contribution in [2.45, 2.75) is 17.4 Å². The van der Waals surface area contributed by atoms with Gasteiger partial charge in [0.25, 0.3) is 20.2 Å². The molecule has 1 rings (SSSR count). The fourth-order valence-corrected chi connectivity index (χ4v) is 3.60. The third-order valence-corrected chi connectivity index (χ3v) is 4.76. The van der Waals surface area contributed by atoms with Crippen molar-refractivity contribution in [1.82, 2.24) is 0 Å². The van der Waals surface area contributed by atoms with Gasteiger partial charge in [-0.1, -0.05) is 19.1 Å². The Hall–Kier alpha value is -0.440. The molecule has 1 aliphatic carbocycles. The number of rotatable bonds is 2. The summed E-state index contributed by atoms with van der Waals surface area (Å²) in [5.41, 5.74) is 0. The van der Waals surface area contributed by atoms with E-state index in [4.69, 9.17) is 9.11 Å². The van der Waals surface area contributed by atoms with E-state index in [-0.39, 0.29) is 0 Å². The summed E-state index contributed by atoms with van der Waals surface area (Å²) in [7, 11) is -8.61. The van der Waals surface area contributed by atoms with E-state index in [9.17, 15) is 16.8 Å². The summed E-state index contributed by atoms with van der Waals surface area (Å²) < 4.78 is 60.4. The molecule has 6 nitrogen and oxygen atoms in total. The van der Waals surface area contributed by atoms with Crippen molar-refractivity contribution in [3.8, 4) is 0 Å². The highest BCUT2D eigenvalue weighted by Gasteiger charge is 2.41. The Morgan fingerprint density at radius 3 is 1.36 bits per heavy atom. The number of hydrogen-bond acceptors (Lipinski definition) is 4. The molecule has 0 aromatic heterocycles. The zero-order valence-electron chi connectivity index (χ0n) is 7.23. The highest BCUT2D eigenvalue weighted by molar-refractivity contribution is 7.87. The molecule has 0 aromatic carbocycles. The van der Waals surface area contributed by atoms with Gasteiger partial charge in [0.2, 0.25) is 0 Å². The third-order valence-electron chi connectivity index (χ3n) is 2.21. The van der Waals surface area contributed by atoms with E-state index in [1.54, 1.807) is 0 Å². The third kappa shape index (κ3) is 2.14. The van der Waals surface area contributed by atoms with Crippen LogP contribution in [0.1, 0.15) is 6.92 Å². The second kappa shape index (κ2) is 3.30. The average Bonchev–Trinajstić information content (AvgIpc) is 2.26. The van der Waals surface area contributed by atoms with Crippen LogP contribution in [0.2, 0.25) is 0 Å². The van der Waals surface area contributed by atoms with Crippen molar-refractivity contribution >= 4 is 20.2 Å². The van der Waals surface area contributed by atoms with Crippen LogP contribution in [0.15, 0.2) is 12.2 Å². The van der Waals surface area contributed by atoms with E-state index in [0.29, 0.717) is 0 Å². The molecule has 2 N–H and O–H groups in total. The van der Waals surface area contributed by atoms with Gasteiger partial charge in [-0.15, -0.1) is 0 Å². The quantitative estimate of drug-likeness (QED) is 0.508. The van der Waals surface area contributed by atoms with Crippen molar-refractivity contribution < 1.29 is 25.9 Å². The molecular formula is C6H10O6S2. The largest absolute Gasteiger partial charge is 0.285 e. The van der Waals surface area contributed by atoms with Gasteiger partial charge in [-0.3, -0.25) is 9.11 Å². The van der Waals surface area contributed by atoms with Crippen LogP contribution in [0.4, 0.5) is 0 Å². The Morgan fingerprint density at radius 1 is 0.929 bits per heavy atom. The molecule has 2 atom stereocenters. The smallest absolute Gasteiger partial charge is 0.271 e. The van der Waals surface area contributed by atoms with E-state index in [2.05, 4.69) is 0 Å². The zero-order valence-corrected chi connectivity index (χ0v) is 8.86. The fraction of sp³-hybridized carbons (Fsp3) is 0.667. The van der Waals surface area contributed by atoms with E-state index >= 15 is 0 Å². The molecule has 0 fully saturated rings. The second-order valence-electron chi connectivity index (χ2n) is 3.20. The first kappa shape index (κ1) is 11.6. The Kier molecular flexibility index (Phi) is 2.74. The molecular weight excluding hydrogens is 232 g/mol. The summed E-state index contributed by atoms with van der Waals surface area (Å²) >= 11 is 0. The van der Waals surface area contributed by atoms with Crippen molar-refractivity contribution in [3.63, 3.8) is 0 Å². The highest BCUT2D eigenvalue weighted by atomic mass is 32.2. The summed E-state index contributed by atoms with van der Waals surface area (Å²) in [5, 5.41) is -2.54. The van der Waals surface area contributed by atoms with Gasteiger partial charge in [0, 0.05) is 5.92 Å². The predicted octanol–water partition coefficient (Wildman–Crippen LogP) is -0.295. The summed E-state index contributed by atoms with van der Waals surface area (Å²) in [4.78, 5) is 0. The minimum atomic E-state index is -4.31. The van der Waals surface area contributed by atoms with Crippen molar-refractivity contribution in [2.24, 2.45) is 5.92 Å². The molecule has 0 spiro atoms. The molecule has 0 bridgehead atoms. The first-order chi connectivity index (χ1) is 6.14. The SMILES string of the molecule is CC1C(S(=O)(=O)O)C=CC1S(=O)(=O)O. The van der Waals surface area contributed by atoms with E-state index in [0.717, 1.165) is 12.2 Å². The minimum Gasteiger partial charge on any atom is -0.285 e. The van der Waals surface area contributed by atoms with Crippen LogP contribution < -0.4 is 0 Å². The number of hydrogen-bond donors (Lipinski definition) is 2. The molecule has 2 unspecified atom stereocenters. The molecule has 0 aromatic rings. The van der Waals surface area contributed by atoms with Crippen LogP contribution in [-0.2, 0) is 20.2 Å². The van der Waals surface area contributed by atoms with Crippen molar-refractivity contribution in [1.29, 1.82) is 0 Å². The molecule has 0 radical (unpaired) electrons. The van der Waals surface area contributed by atoms with E-state index < -0.39 is 36.7 Å². The Morgan fingerprint density at radius 2 is 1.21 bits per heavy atom. The first-order valence-electron chi connectivity index (χ1n) is 3.75. The maximum atomic E-state index is 10.7. The maximum Gasteiger partial charge on any atom is 0.271 e. The van der Waals surface area contributed by atoms with Gasteiger partial charge in [0.05, 0.1) is 0 Å². The molecule has 0 amide bonds. The second-order valence-corrected chi connectivity index (χ2v) is 6.35. The fourth-order valence-electron chi connectivity index (χ4n) is 1.50. The Balaban J connectivity index is 3.04. The predicted molar refractivity (Wildman–Crippen MR) is 49.0 cm³/mol. The highest BCUT2D eigenvalue weighted by Crippen LogP contribution is 2.28. The van der Waals surface area contributed by atoms with Crippen LogP contribution in [-0.4, -0.2) is 36.4 Å². The van der Waals surface area contributed by atoms with E-state index in [1.165, 1.54) is 6.92 Å². The van der Waals surface area contributed by atoms with Crippen LogP contribution >= 0.6 is 0 Å². The lowest BCUT2D eigenvalue weighted by Crippen LogP contribution is -2.32. The van der Waals surface area contributed by atoms with Gasteiger partial charge in [-0.25, -0.2) is 0 Å². The minimum absolute atomic E-state index is 0.889. The molecule has 0 saturated carbocycles. The molecule has 1 aliphatic rings. The molecule has 82 valence electrons. The summed E-state index contributed by atoms with van der Waals surface area (Å²) in [5.74, 6) is -0.889. The molecule has 8 heteroatoms. The van der Waals surface area contributed by atoms with Gasteiger partial charge in [-0.2, -0.15) is 16.8 Å². The monoisotopic (exact) mass is 242 g/mol. The van der Waals surface area contributed by atoms with Crippen molar-refractivity contribution in [3.05, 3.63) is 12.2 Å². The van der Waals surface area contributed by atoms with Gasteiger partial charge in [0.1, 0.15) is 10.5 Å². The van der Waals surface area contributed by atoms with Crippen LogP contribution in [0, 0.1) is 5.92 Å². The lowest BCUT2D eigenvalue weighted by atomic mass is 10.1. The van der Waals surface area contributed by atoms with Gasteiger partial charge in [0.15, 0.2) is 0 Å². The van der Waals surface area contributed by atoms with Gasteiger partial charge in [-0.05, 0) is 0 Å². The standard InChI is InChI=1S/C6H10O6S2/c1-4-5(13(7,8)9)2-3-6(4)14(10,11)12/h2-6H,1H3,(H,7,8,9)(H,10,11,12). The van der Waals surface area contributed by atoms with Crippen LogP contribution in [0.25, 0.3) is 0 Å². The maximum absolute atomic E-state index is 10.7. The molecule has 0 heterocycles. The van der Waals surface area contributed by atoms with Gasteiger partial charge >= 0.3 is 0 Å². The van der Waals surface area contributed by atoms with Gasteiger partial charge < -0.3 is 0 Å². The summed E-state index contributed by atoms with van der Waals surface area (Å²) in [6.07, 6.45) is 2.14. The normalized spacial score (nSPS) is 33.5. The molecule has 0 saturated heterocycles. The first-order valence-corrected chi connectivity index (χ1v) is 6.75. The molecule has 0 aliphatic heterocycles. The Bertz CT molecular complexity index is 403.